The lowest BCUT2D eigenvalue weighted by atomic mass is 11.0. The van der Waals surface area contributed by atoms with Gasteiger partial charge < -0.3 is 0 Å². The quantitative estimate of drug-likeness (QED) is 0.497. The Bertz CT molecular complexity index is 94.5. The van der Waals surface area contributed by atoms with Crippen LogP contribution in [0, 0.1) is 0 Å². The zero-order chi connectivity index (χ0) is 6.50. The molecule has 0 bridgehead atoms. The van der Waals surface area contributed by atoms with Gasteiger partial charge in [-0.1, -0.05) is 21.3 Å². The van der Waals surface area contributed by atoms with Gasteiger partial charge in [-0.25, -0.2) is 0 Å². The second-order valence-electron chi connectivity index (χ2n) is 0.448. The average Bonchev–Trinajstić information content (AvgIpc) is 1.36. The fourth-order valence-corrected chi connectivity index (χ4v) is 0. The van der Waals surface area contributed by atoms with Crippen LogP contribution in [0.1, 0.15) is 21.3 Å². The molecule has 54 valence electrons. The summed E-state index contributed by atoms with van der Waals surface area (Å²) in [6.07, 6.45) is 0. The summed E-state index contributed by atoms with van der Waals surface area (Å²) >= 11 is 0. The molecule has 5 heteroatoms. The lowest BCUT2D eigenvalue weighted by molar-refractivity contribution is 0.381. The molecule has 4 nitrogen and oxygen atoms in total. The first-order chi connectivity index (χ1) is 3.00. The third kappa shape index (κ3) is 8240. The van der Waals surface area contributed by atoms with Crippen molar-refractivity contribution in [2.24, 2.45) is 0 Å². The second kappa shape index (κ2) is 6.87. The molecule has 0 spiro atoms. The van der Waals surface area contributed by atoms with Crippen molar-refractivity contribution in [2.45, 2.75) is 21.3 Å². The Morgan fingerprint density at radius 2 is 1.12 bits per heavy atom. The summed E-state index contributed by atoms with van der Waals surface area (Å²) in [6, 6.07) is 0. The maximum Gasteiger partial charge on any atom is 0.394 e. The van der Waals surface area contributed by atoms with E-state index in [-0.39, 0.29) is 7.43 Å². The molecule has 0 amide bonds. The molecule has 0 saturated carbocycles. The van der Waals surface area contributed by atoms with Crippen molar-refractivity contribution >= 4 is 10.4 Å². The van der Waals surface area contributed by atoms with Gasteiger partial charge in [0.05, 0.1) is 0 Å². The predicted molar refractivity (Wildman–Crippen MR) is 32.3 cm³/mol. The molecule has 0 aromatic carbocycles. The van der Waals surface area contributed by atoms with Crippen LogP contribution in [-0.2, 0) is 10.4 Å². The van der Waals surface area contributed by atoms with Gasteiger partial charge in [-0.3, -0.25) is 9.11 Å². The first-order valence-corrected chi connectivity index (χ1v) is 3.10. The molecule has 0 aromatic heterocycles. The van der Waals surface area contributed by atoms with Crippen molar-refractivity contribution in [3.05, 3.63) is 0 Å². The summed E-state index contributed by atoms with van der Waals surface area (Å²) in [6.45, 7) is 4.00. The predicted octanol–water partition coefficient (Wildman–Crippen LogP) is 1.01. The monoisotopic (exact) mass is 144 g/mol. The minimum Gasteiger partial charge on any atom is -0.264 e. The summed E-state index contributed by atoms with van der Waals surface area (Å²) in [5.74, 6) is 0. The molecular weight excluding hydrogens is 132 g/mol. The van der Waals surface area contributed by atoms with E-state index >= 15 is 0 Å². The Balaban J connectivity index is -0.0000000750. The molecule has 0 aliphatic carbocycles. The van der Waals surface area contributed by atoms with Crippen molar-refractivity contribution in [3.63, 3.8) is 0 Å². The zero-order valence-electron chi connectivity index (χ0n) is 4.12. The highest BCUT2D eigenvalue weighted by Crippen LogP contribution is 1.59. The van der Waals surface area contributed by atoms with Gasteiger partial charge in [0.1, 0.15) is 0 Å². The van der Waals surface area contributed by atoms with Crippen LogP contribution in [0.25, 0.3) is 0 Å². The molecule has 0 unspecified atom stereocenters. The Kier molecular flexibility index (Phi) is 13.4. The van der Waals surface area contributed by atoms with Crippen LogP contribution in [0.4, 0.5) is 0 Å². The lowest BCUT2D eigenvalue weighted by Crippen LogP contribution is -1.89. The molecule has 0 aliphatic heterocycles. The summed E-state index contributed by atoms with van der Waals surface area (Å²) in [5.41, 5.74) is 0. The molecule has 0 fully saturated rings. The van der Waals surface area contributed by atoms with Crippen molar-refractivity contribution in [2.75, 3.05) is 0 Å². The van der Waals surface area contributed by atoms with Crippen molar-refractivity contribution in [3.8, 4) is 0 Å². The van der Waals surface area contributed by atoms with Crippen LogP contribution in [-0.4, -0.2) is 17.5 Å². The molecule has 8 heavy (non-hydrogen) atoms. The topological polar surface area (TPSA) is 74.6 Å². The third-order valence-corrected chi connectivity index (χ3v) is 0. The van der Waals surface area contributed by atoms with Gasteiger partial charge >= 0.3 is 10.4 Å². The zero-order valence-corrected chi connectivity index (χ0v) is 4.94. The van der Waals surface area contributed by atoms with Crippen LogP contribution in [0.3, 0.4) is 0 Å². The van der Waals surface area contributed by atoms with Gasteiger partial charge in [0.15, 0.2) is 0 Å². The fourth-order valence-electron chi connectivity index (χ4n) is 0. The van der Waals surface area contributed by atoms with Crippen molar-refractivity contribution in [1.29, 1.82) is 0 Å². The summed E-state index contributed by atoms with van der Waals surface area (Å²) in [4.78, 5) is 0. The van der Waals surface area contributed by atoms with E-state index < -0.39 is 10.4 Å². The van der Waals surface area contributed by atoms with Crippen LogP contribution in [0.5, 0.6) is 0 Å². The Morgan fingerprint density at radius 1 is 1.12 bits per heavy atom. The van der Waals surface area contributed by atoms with E-state index in [4.69, 9.17) is 17.5 Å². The maximum absolute atomic E-state index is 8.74. The molecule has 2 N–H and O–H groups in total. The SMILES string of the molecule is C.CC.O=S(=O)(O)O. The van der Waals surface area contributed by atoms with Crippen LogP contribution in [0.2, 0.25) is 0 Å². The van der Waals surface area contributed by atoms with Crippen LogP contribution < -0.4 is 0 Å². The summed E-state index contributed by atoms with van der Waals surface area (Å²) < 4.78 is 31.6. The van der Waals surface area contributed by atoms with E-state index in [1.165, 1.54) is 0 Å². The van der Waals surface area contributed by atoms with Gasteiger partial charge in [-0.2, -0.15) is 8.42 Å². The highest BCUT2D eigenvalue weighted by molar-refractivity contribution is 7.79. The fraction of sp³-hybridized carbons (Fsp3) is 1.00. The standard InChI is InChI=1S/C2H6.CH4.H2O4S/c1-2;;1-5(2,3)4/h1-2H3;1H4;(H2,1,2,3,4). The first-order valence-electron chi connectivity index (χ1n) is 1.70. The molecule has 0 radical (unpaired) electrons. The Labute approximate surface area is 50.1 Å². The minimum absolute atomic E-state index is 0. The van der Waals surface area contributed by atoms with Gasteiger partial charge in [-0.05, 0) is 0 Å². The largest absolute Gasteiger partial charge is 0.394 e. The third-order valence-electron chi connectivity index (χ3n) is 0. The molecule has 0 aromatic rings. The number of hydrogen-bond donors (Lipinski definition) is 2. The maximum atomic E-state index is 8.74. The van der Waals surface area contributed by atoms with E-state index in [0.29, 0.717) is 0 Å². The highest BCUT2D eigenvalue weighted by Gasteiger charge is 1.84. The summed E-state index contributed by atoms with van der Waals surface area (Å²) in [5, 5.41) is 0. The molecule has 0 heterocycles. The van der Waals surface area contributed by atoms with E-state index in [0.717, 1.165) is 0 Å². The van der Waals surface area contributed by atoms with Crippen molar-refractivity contribution in [1.82, 2.24) is 0 Å². The van der Waals surface area contributed by atoms with Crippen molar-refractivity contribution < 1.29 is 17.5 Å². The smallest absolute Gasteiger partial charge is 0.264 e. The molecule has 0 rings (SSSR count). The highest BCUT2D eigenvalue weighted by atomic mass is 32.3. The van der Waals surface area contributed by atoms with Gasteiger partial charge in [0, 0.05) is 0 Å². The van der Waals surface area contributed by atoms with Gasteiger partial charge in [-0.15, -0.1) is 0 Å². The van der Waals surface area contributed by atoms with E-state index in [1.807, 2.05) is 13.8 Å². The Hall–Kier alpha value is -0.130. The minimum atomic E-state index is -4.67. The second-order valence-corrected chi connectivity index (χ2v) is 1.34. The first kappa shape index (κ1) is 15.7. The van der Waals surface area contributed by atoms with Crippen LogP contribution >= 0.6 is 0 Å². The molecule has 0 atom stereocenters. The van der Waals surface area contributed by atoms with Gasteiger partial charge in [0.25, 0.3) is 0 Å². The number of rotatable bonds is 0. The molecule has 0 saturated heterocycles. The van der Waals surface area contributed by atoms with E-state index in [9.17, 15) is 0 Å². The Morgan fingerprint density at radius 3 is 1.12 bits per heavy atom. The average molecular weight is 144 g/mol. The summed E-state index contributed by atoms with van der Waals surface area (Å²) in [7, 11) is -4.67. The molecular formula is C3H12O4S. The molecule has 0 aliphatic rings. The lowest BCUT2D eigenvalue weighted by Gasteiger charge is -1.68. The van der Waals surface area contributed by atoms with Gasteiger partial charge in [0.2, 0.25) is 0 Å². The number of hydrogen-bond acceptors (Lipinski definition) is 2. The normalized spacial score (nSPS) is 8.00. The van der Waals surface area contributed by atoms with E-state index in [1.54, 1.807) is 0 Å². The van der Waals surface area contributed by atoms with Crippen LogP contribution in [0.15, 0.2) is 0 Å². The van der Waals surface area contributed by atoms with E-state index in [2.05, 4.69) is 0 Å².